The molecule has 0 aliphatic carbocycles. The molecule has 1 fully saturated rings. The number of rotatable bonds is 5. The van der Waals surface area contributed by atoms with Gasteiger partial charge in [0.15, 0.2) is 0 Å². The smallest absolute Gasteiger partial charge is 0.336 e. The highest BCUT2D eigenvalue weighted by atomic mass is 19.4. The maximum Gasteiger partial charge on any atom is 0.416 e. The van der Waals surface area contributed by atoms with Crippen molar-refractivity contribution < 1.29 is 18.0 Å². The van der Waals surface area contributed by atoms with Crippen LogP contribution in [0.3, 0.4) is 0 Å². The zero-order chi connectivity index (χ0) is 21.7. The number of hydrogen-bond donors (Lipinski definition) is 0. The number of carbonyl (C=O) groups is 1. The number of benzene rings is 1. The summed E-state index contributed by atoms with van der Waals surface area (Å²) in [5.41, 5.74) is 0.165. The van der Waals surface area contributed by atoms with E-state index in [1.54, 1.807) is 4.90 Å². The van der Waals surface area contributed by atoms with Crippen LogP contribution in [0.25, 0.3) is 0 Å². The van der Waals surface area contributed by atoms with Crippen LogP contribution in [0.1, 0.15) is 41.4 Å². The molecule has 2 heterocycles. The average Bonchev–Trinajstić information content (AvgIpc) is 2.94. The van der Waals surface area contributed by atoms with Crippen molar-refractivity contribution in [2.75, 3.05) is 26.2 Å². The number of aryl methyl sites for hydroxylation is 1. The third kappa shape index (κ3) is 5.47. The standard InChI is InChI=1S/C21H25F3N4O2/c1-2-10-28-19(29)9-8-18(25-28)20(30)27-12-3-11-26(13-14-27)15-16-4-6-17(7-5-16)21(22,23)24/h4-9H,2-3,10-15H2,1H3. The highest BCUT2D eigenvalue weighted by molar-refractivity contribution is 5.92. The first-order chi connectivity index (χ1) is 14.3. The Morgan fingerprint density at radius 2 is 1.77 bits per heavy atom. The third-order valence-corrected chi connectivity index (χ3v) is 5.08. The second-order valence-electron chi connectivity index (χ2n) is 7.40. The van der Waals surface area contributed by atoms with Crippen molar-refractivity contribution in [2.24, 2.45) is 0 Å². The fourth-order valence-electron chi connectivity index (χ4n) is 3.49. The fourth-order valence-corrected chi connectivity index (χ4v) is 3.49. The summed E-state index contributed by atoms with van der Waals surface area (Å²) < 4.78 is 39.4. The van der Waals surface area contributed by atoms with E-state index in [9.17, 15) is 22.8 Å². The summed E-state index contributed by atoms with van der Waals surface area (Å²) in [5, 5.41) is 4.19. The van der Waals surface area contributed by atoms with Crippen LogP contribution in [0, 0.1) is 0 Å². The molecule has 0 N–H and O–H groups in total. The molecule has 2 aromatic rings. The Bertz CT molecular complexity index is 925. The Morgan fingerprint density at radius 3 is 2.43 bits per heavy atom. The predicted octanol–water partition coefficient (Wildman–Crippen LogP) is 3.02. The molecule has 0 saturated carbocycles. The Balaban J connectivity index is 1.61. The summed E-state index contributed by atoms with van der Waals surface area (Å²) in [4.78, 5) is 28.5. The first kappa shape index (κ1) is 22.0. The van der Waals surface area contributed by atoms with Crippen LogP contribution in [-0.4, -0.2) is 51.7 Å². The van der Waals surface area contributed by atoms with Gasteiger partial charge in [0.2, 0.25) is 0 Å². The predicted molar refractivity (Wildman–Crippen MR) is 106 cm³/mol. The minimum absolute atomic E-state index is 0.212. The molecule has 3 rings (SSSR count). The van der Waals surface area contributed by atoms with Crippen molar-refractivity contribution in [3.63, 3.8) is 0 Å². The average molecular weight is 422 g/mol. The van der Waals surface area contributed by atoms with E-state index in [1.165, 1.54) is 28.9 Å². The number of alkyl halides is 3. The van der Waals surface area contributed by atoms with E-state index in [1.807, 2.05) is 6.92 Å². The van der Waals surface area contributed by atoms with Crippen LogP contribution in [0.4, 0.5) is 13.2 Å². The van der Waals surface area contributed by atoms with Gasteiger partial charge in [-0.1, -0.05) is 19.1 Å². The van der Waals surface area contributed by atoms with Gasteiger partial charge in [0.25, 0.3) is 11.5 Å². The van der Waals surface area contributed by atoms with Gasteiger partial charge in [-0.25, -0.2) is 4.68 Å². The lowest BCUT2D eigenvalue weighted by atomic mass is 10.1. The fraction of sp³-hybridized carbons (Fsp3) is 0.476. The Kier molecular flexibility index (Phi) is 6.91. The number of aromatic nitrogens is 2. The van der Waals surface area contributed by atoms with Crippen LogP contribution < -0.4 is 5.56 Å². The molecule has 30 heavy (non-hydrogen) atoms. The van der Waals surface area contributed by atoms with E-state index >= 15 is 0 Å². The van der Waals surface area contributed by atoms with Gasteiger partial charge in [-0.05, 0) is 36.6 Å². The number of amides is 1. The Hall–Kier alpha value is -2.68. The summed E-state index contributed by atoms with van der Waals surface area (Å²) in [6, 6.07) is 8.02. The molecule has 0 unspecified atom stereocenters. The second kappa shape index (κ2) is 9.42. The van der Waals surface area contributed by atoms with E-state index in [-0.39, 0.29) is 17.2 Å². The molecule has 0 bridgehead atoms. The van der Waals surface area contributed by atoms with Crippen molar-refractivity contribution in [1.82, 2.24) is 19.6 Å². The van der Waals surface area contributed by atoms with Gasteiger partial charge < -0.3 is 4.90 Å². The van der Waals surface area contributed by atoms with Crippen LogP contribution in [0.15, 0.2) is 41.2 Å². The SMILES string of the molecule is CCCn1nc(C(=O)N2CCCN(Cc3ccc(C(F)(F)F)cc3)CC2)ccc1=O. The largest absolute Gasteiger partial charge is 0.416 e. The van der Waals surface area contributed by atoms with E-state index in [0.717, 1.165) is 37.1 Å². The zero-order valence-corrected chi connectivity index (χ0v) is 16.9. The summed E-state index contributed by atoms with van der Waals surface area (Å²) in [7, 11) is 0. The van der Waals surface area contributed by atoms with Gasteiger partial charge in [-0.15, -0.1) is 0 Å². The molecule has 0 radical (unpaired) electrons. The highest BCUT2D eigenvalue weighted by Crippen LogP contribution is 2.29. The van der Waals surface area contributed by atoms with Crippen molar-refractivity contribution in [3.8, 4) is 0 Å². The third-order valence-electron chi connectivity index (χ3n) is 5.08. The Labute approximate surface area is 172 Å². The van der Waals surface area contributed by atoms with Crippen LogP contribution in [0.2, 0.25) is 0 Å². The van der Waals surface area contributed by atoms with Crippen molar-refractivity contribution in [3.05, 3.63) is 63.6 Å². The molecule has 1 amide bonds. The van der Waals surface area contributed by atoms with Gasteiger partial charge >= 0.3 is 6.18 Å². The molecule has 162 valence electrons. The molecule has 1 aliphatic heterocycles. The van der Waals surface area contributed by atoms with E-state index in [2.05, 4.69) is 10.00 Å². The van der Waals surface area contributed by atoms with Crippen LogP contribution in [0.5, 0.6) is 0 Å². The molecule has 0 spiro atoms. The van der Waals surface area contributed by atoms with Crippen molar-refractivity contribution in [1.29, 1.82) is 0 Å². The van der Waals surface area contributed by atoms with Gasteiger partial charge in [0, 0.05) is 45.3 Å². The summed E-state index contributed by atoms with van der Waals surface area (Å²) in [6.07, 6.45) is -2.84. The lowest BCUT2D eigenvalue weighted by molar-refractivity contribution is -0.137. The molecule has 1 saturated heterocycles. The topological polar surface area (TPSA) is 58.4 Å². The number of halogens is 3. The number of hydrogen-bond acceptors (Lipinski definition) is 4. The zero-order valence-electron chi connectivity index (χ0n) is 16.9. The van der Waals surface area contributed by atoms with Gasteiger partial charge in [0.1, 0.15) is 5.69 Å². The second-order valence-corrected chi connectivity index (χ2v) is 7.40. The maximum absolute atomic E-state index is 12.8. The van der Waals surface area contributed by atoms with Crippen molar-refractivity contribution in [2.45, 2.75) is 39.0 Å². The monoisotopic (exact) mass is 422 g/mol. The number of carbonyl (C=O) groups excluding carboxylic acids is 1. The molecule has 0 atom stereocenters. The van der Waals surface area contributed by atoms with E-state index < -0.39 is 11.7 Å². The summed E-state index contributed by atoms with van der Waals surface area (Å²) in [5.74, 6) is -0.212. The minimum atomic E-state index is -4.34. The first-order valence-electron chi connectivity index (χ1n) is 10.0. The highest BCUT2D eigenvalue weighted by Gasteiger charge is 2.30. The lowest BCUT2D eigenvalue weighted by Gasteiger charge is -2.22. The molecular weight excluding hydrogens is 397 g/mol. The molecular formula is C21H25F3N4O2. The van der Waals surface area contributed by atoms with Gasteiger partial charge in [-0.3, -0.25) is 14.5 Å². The molecule has 1 aliphatic rings. The first-order valence-corrected chi connectivity index (χ1v) is 10.0. The molecule has 9 heteroatoms. The molecule has 1 aromatic heterocycles. The van der Waals surface area contributed by atoms with E-state index in [4.69, 9.17) is 0 Å². The van der Waals surface area contributed by atoms with Crippen molar-refractivity contribution >= 4 is 5.91 Å². The normalized spacial score (nSPS) is 15.8. The Morgan fingerprint density at radius 1 is 1.03 bits per heavy atom. The van der Waals surface area contributed by atoms with Gasteiger partial charge in [-0.2, -0.15) is 18.3 Å². The summed E-state index contributed by atoms with van der Waals surface area (Å²) >= 11 is 0. The molecule has 6 nitrogen and oxygen atoms in total. The van der Waals surface area contributed by atoms with Crippen LogP contribution in [-0.2, 0) is 19.3 Å². The van der Waals surface area contributed by atoms with E-state index in [0.29, 0.717) is 32.7 Å². The lowest BCUT2D eigenvalue weighted by Crippen LogP contribution is -2.36. The summed E-state index contributed by atoms with van der Waals surface area (Å²) in [6.45, 7) is 5.34. The minimum Gasteiger partial charge on any atom is -0.336 e. The maximum atomic E-state index is 12.8. The van der Waals surface area contributed by atoms with Gasteiger partial charge in [0.05, 0.1) is 5.56 Å². The molecule has 1 aromatic carbocycles. The number of nitrogens with zero attached hydrogens (tertiary/aromatic N) is 4. The van der Waals surface area contributed by atoms with Crippen LogP contribution >= 0.6 is 0 Å². The quantitative estimate of drug-likeness (QED) is 0.743.